The van der Waals surface area contributed by atoms with E-state index >= 15 is 0 Å². The Morgan fingerprint density at radius 3 is 2.70 bits per heavy atom. The van der Waals surface area contributed by atoms with E-state index in [9.17, 15) is 4.79 Å². The molecule has 0 aliphatic heterocycles. The van der Waals surface area contributed by atoms with Crippen molar-refractivity contribution in [1.29, 1.82) is 0 Å². The number of ether oxygens (including phenoxy) is 2. The minimum atomic E-state index is -0.353. The lowest BCUT2D eigenvalue weighted by molar-refractivity contribution is 0.0954. The lowest BCUT2D eigenvalue weighted by atomic mass is 10.2. The van der Waals surface area contributed by atoms with Crippen LogP contribution in [0.3, 0.4) is 0 Å². The molecule has 6 heteroatoms. The van der Waals surface area contributed by atoms with Crippen LogP contribution in [0.1, 0.15) is 16.1 Å². The first kappa shape index (κ1) is 13.7. The van der Waals surface area contributed by atoms with Crippen molar-refractivity contribution in [3.8, 4) is 11.5 Å². The Kier molecular flexibility index (Phi) is 4.39. The first-order valence-electron chi connectivity index (χ1n) is 5.83. The standard InChI is InChI=1S/C14H14N2O4/c1-18-12-6-5-10(8-13(12)19-2)14(17)16-15-9-11-4-3-7-20-11/h3-9H,1-2H3,(H,16,17)/b15-9+. The van der Waals surface area contributed by atoms with Crippen molar-refractivity contribution in [2.24, 2.45) is 5.10 Å². The van der Waals surface area contributed by atoms with Crippen LogP contribution in [0.15, 0.2) is 46.1 Å². The van der Waals surface area contributed by atoms with Gasteiger partial charge in [0.1, 0.15) is 5.76 Å². The van der Waals surface area contributed by atoms with Crippen LogP contribution in [-0.4, -0.2) is 26.3 Å². The van der Waals surface area contributed by atoms with E-state index in [2.05, 4.69) is 10.5 Å². The third-order valence-corrected chi connectivity index (χ3v) is 2.55. The van der Waals surface area contributed by atoms with Crippen LogP contribution in [0.4, 0.5) is 0 Å². The van der Waals surface area contributed by atoms with Crippen molar-refractivity contribution in [2.75, 3.05) is 14.2 Å². The Balaban J connectivity index is 2.05. The highest BCUT2D eigenvalue weighted by molar-refractivity contribution is 5.95. The largest absolute Gasteiger partial charge is 0.493 e. The fourth-order valence-corrected chi connectivity index (χ4v) is 1.56. The molecular weight excluding hydrogens is 260 g/mol. The molecule has 0 bridgehead atoms. The van der Waals surface area contributed by atoms with Gasteiger partial charge in [-0.25, -0.2) is 5.43 Å². The second-order valence-electron chi connectivity index (χ2n) is 3.78. The van der Waals surface area contributed by atoms with Gasteiger partial charge in [-0.3, -0.25) is 4.79 Å². The highest BCUT2D eigenvalue weighted by Crippen LogP contribution is 2.27. The number of hydrogen-bond donors (Lipinski definition) is 1. The van der Waals surface area contributed by atoms with Crippen LogP contribution in [0, 0.1) is 0 Å². The normalized spacial score (nSPS) is 10.5. The maximum absolute atomic E-state index is 11.9. The second kappa shape index (κ2) is 6.42. The summed E-state index contributed by atoms with van der Waals surface area (Å²) in [5, 5.41) is 3.80. The zero-order valence-corrected chi connectivity index (χ0v) is 11.1. The van der Waals surface area contributed by atoms with Crippen LogP contribution >= 0.6 is 0 Å². The Morgan fingerprint density at radius 1 is 1.25 bits per heavy atom. The first-order chi connectivity index (χ1) is 9.74. The predicted octanol–water partition coefficient (Wildman–Crippen LogP) is 2.06. The van der Waals surface area contributed by atoms with Crippen molar-refractivity contribution in [3.05, 3.63) is 47.9 Å². The zero-order chi connectivity index (χ0) is 14.4. The van der Waals surface area contributed by atoms with Gasteiger partial charge in [0.05, 0.1) is 26.7 Å². The molecule has 1 N–H and O–H groups in total. The predicted molar refractivity (Wildman–Crippen MR) is 73.3 cm³/mol. The van der Waals surface area contributed by atoms with Gasteiger partial charge < -0.3 is 13.9 Å². The average molecular weight is 274 g/mol. The molecule has 0 aliphatic carbocycles. The highest BCUT2D eigenvalue weighted by Gasteiger charge is 2.09. The summed E-state index contributed by atoms with van der Waals surface area (Å²) in [7, 11) is 3.04. The van der Waals surface area contributed by atoms with Gasteiger partial charge in [0.25, 0.3) is 5.91 Å². The molecule has 0 spiro atoms. The number of hydrazone groups is 1. The summed E-state index contributed by atoms with van der Waals surface area (Å²) >= 11 is 0. The summed E-state index contributed by atoms with van der Waals surface area (Å²) in [6, 6.07) is 8.32. The number of furan rings is 1. The van der Waals surface area contributed by atoms with Crippen LogP contribution in [0.25, 0.3) is 0 Å². The minimum absolute atomic E-state index is 0.353. The topological polar surface area (TPSA) is 73.1 Å². The first-order valence-corrected chi connectivity index (χ1v) is 5.83. The van der Waals surface area contributed by atoms with Crippen molar-refractivity contribution in [1.82, 2.24) is 5.43 Å². The van der Waals surface area contributed by atoms with E-state index in [1.807, 2.05) is 0 Å². The molecule has 1 aromatic carbocycles. The van der Waals surface area contributed by atoms with Crippen LogP contribution in [0.5, 0.6) is 11.5 Å². The molecule has 2 aromatic rings. The fourth-order valence-electron chi connectivity index (χ4n) is 1.56. The number of rotatable bonds is 5. The summed E-state index contributed by atoms with van der Waals surface area (Å²) in [4.78, 5) is 11.9. The van der Waals surface area contributed by atoms with E-state index in [4.69, 9.17) is 13.9 Å². The van der Waals surface area contributed by atoms with Gasteiger partial charge in [0, 0.05) is 5.56 Å². The molecule has 0 fully saturated rings. The Labute approximate surface area is 116 Å². The average Bonchev–Trinajstić information content (AvgIpc) is 2.99. The molecule has 0 aliphatic rings. The molecule has 0 saturated heterocycles. The number of nitrogens with one attached hydrogen (secondary N) is 1. The van der Waals surface area contributed by atoms with E-state index in [1.54, 1.807) is 30.3 Å². The molecule has 2 rings (SSSR count). The third-order valence-electron chi connectivity index (χ3n) is 2.55. The number of amides is 1. The van der Waals surface area contributed by atoms with Crippen molar-refractivity contribution in [3.63, 3.8) is 0 Å². The number of methoxy groups -OCH3 is 2. The maximum Gasteiger partial charge on any atom is 0.271 e. The number of nitrogens with zero attached hydrogens (tertiary/aromatic N) is 1. The smallest absolute Gasteiger partial charge is 0.271 e. The molecule has 0 saturated carbocycles. The Bertz CT molecular complexity index is 606. The van der Waals surface area contributed by atoms with Gasteiger partial charge in [-0.05, 0) is 30.3 Å². The molecule has 0 atom stereocenters. The van der Waals surface area contributed by atoms with Crippen LogP contribution < -0.4 is 14.9 Å². The molecule has 0 unspecified atom stereocenters. The highest BCUT2D eigenvalue weighted by atomic mass is 16.5. The van der Waals surface area contributed by atoms with Gasteiger partial charge in [0.2, 0.25) is 0 Å². The quantitative estimate of drug-likeness (QED) is 0.669. The summed E-state index contributed by atoms with van der Waals surface area (Å²) in [5.74, 6) is 1.24. The molecule has 1 aromatic heterocycles. The van der Waals surface area contributed by atoms with Crippen LogP contribution in [-0.2, 0) is 0 Å². The van der Waals surface area contributed by atoms with E-state index in [0.29, 0.717) is 22.8 Å². The summed E-state index contributed by atoms with van der Waals surface area (Å²) < 4.78 is 15.3. The summed E-state index contributed by atoms with van der Waals surface area (Å²) in [6.07, 6.45) is 2.94. The lowest BCUT2D eigenvalue weighted by Gasteiger charge is -2.08. The molecule has 1 heterocycles. The van der Waals surface area contributed by atoms with Gasteiger partial charge in [0.15, 0.2) is 11.5 Å². The summed E-state index contributed by atoms with van der Waals surface area (Å²) in [5.41, 5.74) is 2.82. The van der Waals surface area contributed by atoms with Gasteiger partial charge in [-0.2, -0.15) is 5.10 Å². The van der Waals surface area contributed by atoms with Crippen LogP contribution in [0.2, 0.25) is 0 Å². The Hall–Kier alpha value is -2.76. The molecule has 20 heavy (non-hydrogen) atoms. The SMILES string of the molecule is COc1ccc(C(=O)N/N=C/c2ccco2)cc1OC. The number of benzene rings is 1. The third kappa shape index (κ3) is 3.17. The maximum atomic E-state index is 11.9. The van der Waals surface area contributed by atoms with Gasteiger partial charge in [-0.15, -0.1) is 0 Å². The number of carbonyl (C=O) groups is 1. The molecule has 6 nitrogen and oxygen atoms in total. The van der Waals surface area contributed by atoms with Gasteiger partial charge in [-0.1, -0.05) is 0 Å². The van der Waals surface area contributed by atoms with Crippen molar-refractivity contribution in [2.45, 2.75) is 0 Å². The Morgan fingerprint density at radius 2 is 2.05 bits per heavy atom. The minimum Gasteiger partial charge on any atom is -0.493 e. The second-order valence-corrected chi connectivity index (χ2v) is 3.78. The van der Waals surface area contributed by atoms with Gasteiger partial charge >= 0.3 is 0 Å². The summed E-state index contributed by atoms with van der Waals surface area (Å²) in [6.45, 7) is 0. The lowest BCUT2D eigenvalue weighted by Crippen LogP contribution is -2.17. The molecule has 0 radical (unpaired) electrons. The van der Waals surface area contributed by atoms with Crippen molar-refractivity contribution < 1.29 is 18.7 Å². The molecule has 1 amide bonds. The number of hydrogen-bond acceptors (Lipinski definition) is 5. The van der Waals surface area contributed by atoms with E-state index < -0.39 is 0 Å². The number of carbonyl (C=O) groups excluding carboxylic acids is 1. The van der Waals surface area contributed by atoms with E-state index in [-0.39, 0.29) is 5.91 Å². The zero-order valence-electron chi connectivity index (χ0n) is 11.1. The van der Waals surface area contributed by atoms with E-state index in [1.165, 1.54) is 26.7 Å². The molecular formula is C14H14N2O4. The van der Waals surface area contributed by atoms with E-state index in [0.717, 1.165) is 0 Å². The molecule has 104 valence electrons. The van der Waals surface area contributed by atoms with Crippen molar-refractivity contribution >= 4 is 12.1 Å². The monoisotopic (exact) mass is 274 g/mol. The fraction of sp³-hybridized carbons (Fsp3) is 0.143.